The Morgan fingerprint density at radius 1 is 1.17 bits per heavy atom. The van der Waals surface area contributed by atoms with Crippen molar-refractivity contribution in [1.29, 1.82) is 0 Å². The molecule has 100 valence electrons. The van der Waals surface area contributed by atoms with Gasteiger partial charge in [0, 0.05) is 17.7 Å². The van der Waals surface area contributed by atoms with E-state index in [-0.39, 0.29) is 17.3 Å². The second-order valence-electron chi connectivity index (χ2n) is 3.88. The predicted molar refractivity (Wildman–Crippen MR) is 68.2 cm³/mol. The number of rotatable bonds is 7. The first-order valence-electron chi connectivity index (χ1n) is 5.69. The molecule has 0 fully saturated rings. The number of alkyl halides is 3. The summed E-state index contributed by atoms with van der Waals surface area (Å²) in [4.78, 5) is 11.6. The van der Waals surface area contributed by atoms with Gasteiger partial charge in [-0.1, -0.05) is 42.1 Å². The van der Waals surface area contributed by atoms with Gasteiger partial charge in [0.25, 0.3) is 0 Å². The molecule has 1 aromatic rings. The zero-order chi connectivity index (χ0) is 13.4. The van der Waals surface area contributed by atoms with Crippen LogP contribution in [0.4, 0.5) is 13.2 Å². The molecular formula is C13H15F3OS. The molecule has 5 heteroatoms. The van der Waals surface area contributed by atoms with E-state index in [1.807, 2.05) is 0 Å². The number of thioether (sulfide) groups is 1. The zero-order valence-electron chi connectivity index (χ0n) is 9.82. The van der Waals surface area contributed by atoms with E-state index in [0.717, 1.165) is 11.8 Å². The molecule has 1 aromatic carbocycles. The molecule has 0 saturated carbocycles. The third-order valence-electron chi connectivity index (χ3n) is 2.35. The summed E-state index contributed by atoms with van der Waals surface area (Å²) < 4.78 is 37.5. The molecule has 0 aromatic heterocycles. The van der Waals surface area contributed by atoms with E-state index in [1.54, 1.807) is 30.3 Å². The van der Waals surface area contributed by atoms with Gasteiger partial charge in [0.2, 0.25) is 5.12 Å². The summed E-state index contributed by atoms with van der Waals surface area (Å²) in [6.45, 7) is -1.16. The standard InChI is InChI=1S/C13H15F3OS/c14-9-12(16)8-11(15)6-7-18-13(17)10-4-2-1-3-5-10/h1-5,11-12H,6-9H2. The minimum atomic E-state index is -1.74. The Morgan fingerprint density at radius 2 is 1.83 bits per heavy atom. The van der Waals surface area contributed by atoms with Crippen LogP contribution in [0.25, 0.3) is 0 Å². The third kappa shape index (κ3) is 5.58. The average molecular weight is 276 g/mol. The fraction of sp³-hybridized carbons (Fsp3) is 0.462. The topological polar surface area (TPSA) is 17.1 Å². The molecule has 0 aliphatic heterocycles. The van der Waals surface area contributed by atoms with Crippen LogP contribution in [0.5, 0.6) is 0 Å². The van der Waals surface area contributed by atoms with Crippen LogP contribution in [0.1, 0.15) is 23.2 Å². The minimum absolute atomic E-state index is 0.0592. The second-order valence-corrected chi connectivity index (χ2v) is 4.94. The maximum absolute atomic E-state index is 13.2. The van der Waals surface area contributed by atoms with E-state index in [2.05, 4.69) is 0 Å². The molecule has 0 spiro atoms. The molecule has 0 heterocycles. The first kappa shape index (κ1) is 15.1. The molecule has 1 nitrogen and oxygen atoms in total. The highest BCUT2D eigenvalue weighted by Gasteiger charge is 2.15. The normalized spacial score (nSPS) is 14.2. The molecule has 18 heavy (non-hydrogen) atoms. The predicted octanol–water partition coefficient (Wildman–Crippen LogP) is 3.99. The quantitative estimate of drug-likeness (QED) is 0.749. The van der Waals surface area contributed by atoms with E-state index < -0.39 is 25.4 Å². The van der Waals surface area contributed by atoms with Crippen LogP contribution >= 0.6 is 11.8 Å². The maximum atomic E-state index is 13.2. The Morgan fingerprint density at radius 3 is 2.44 bits per heavy atom. The van der Waals surface area contributed by atoms with Crippen molar-refractivity contribution in [3.63, 3.8) is 0 Å². The number of hydrogen-bond acceptors (Lipinski definition) is 2. The first-order chi connectivity index (χ1) is 8.63. The van der Waals surface area contributed by atoms with Crippen molar-refractivity contribution in [3.8, 4) is 0 Å². The van der Waals surface area contributed by atoms with Crippen LogP contribution in [0.15, 0.2) is 30.3 Å². The third-order valence-corrected chi connectivity index (χ3v) is 3.29. The molecular weight excluding hydrogens is 261 g/mol. The van der Waals surface area contributed by atoms with Gasteiger partial charge in [-0.05, 0) is 6.42 Å². The number of carbonyl (C=O) groups excluding carboxylic acids is 1. The first-order valence-corrected chi connectivity index (χ1v) is 6.68. The smallest absolute Gasteiger partial charge is 0.219 e. The van der Waals surface area contributed by atoms with Crippen LogP contribution in [-0.4, -0.2) is 29.9 Å². The number of halogens is 3. The lowest BCUT2D eigenvalue weighted by atomic mass is 10.1. The van der Waals surface area contributed by atoms with Crippen molar-refractivity contribution in [3.05, 3.63) is 35.9 Å². The van der Waals surface area contributed by atoms with E-state index in [1.165, 1.54) is 0 Å². The van der Waals surface area contributed by atoms with Crippen molar-refractivity contribution >= 4 is 16.9 Å². The Labute approximate surface area is 109 Å². The summed E-state index contributed by atoms with van der Waals surface area (Å²) in [5, 5.41) is -0.134. The molecule has 2 unspecified atom stereocenters. The van der Waals surface area contributed by atoms with Crippen LogP contribution in [0, 0.1) is 0 Å². The molecule has 0 N–H and O–H groups in total. The van der Waals surface area contributed by atoms with Gasteiger partial charge in [-0.15, -0.1) is 0 Å². The van der Waals surface area contributed by atoms with Crippen LogP contribution in [-0.2, 0) is 0 Å². The van der Waals surface area contributed by atoms with Crippen molar-refractivity contribution < 1.29 is 18.0 Å². The largest absolute Gasteiger partial charge is 0.282 e. The lowest BCUT2D eigenvalue weighted by molar-refractivity contribution is 0.108. The average Bonchev–Trinajstić information content (AvgIpc) is 2.39. The molecule has 0 aliphatic carbocycles. The van der Waals surface area contributed by atoms with Crippen molar-refractivity contribution in [2.24, 2.45) is 0 Å². The van der Waals surface area contributed by atoms with Crippen molar-refractivity contribution in [2.75, 3.05) is 12.4 Å². The zero-order valence-corrected chi connectivity index (χ0v) is 10.6. The van der Waals surface area contributed by atoms with Gasteiger partial charge in [0.05, 0.1) is 0 Å². The highest BCUT2D eigenvalue weighted by molar-refractivity contribution is 8.14. The van der Waals surface area contributed by atoms with Crippen LogP contribution < -0.4 is 0 Å². The van der Waals surface area contributed by atoms with Gasteiger partial charge in [-0.3, -0.25) is 4.79 Å². The maximum Gasteiger partial charge on any atom is 0.219 e. The lowest BCUT2D eigenvalue weighted by Crippen LogP contribution is -2.13. The van der Waals surface area contributed by atoms with Gasteiger partial charge in [-0.2, -0.15) is 0 Å². The van der Waals surface area contributed by atoms with Gasteiger partial charge in [-0.25, -0.2) is 13.2 Å². The molecule has 0 bridgehead atoms. The number of benzene rings is 1. The van der Waals surface area contributed by atoms with Crippen LogP contribution in [0.3, 0.4) is 0 Å². The highest BCUT2D eigenvalue weighted by Crippen LogP contribution is 2.17. The second kappa shape index (κ2) is 8.19. The minimum Gasteiger partial charge on any atom is -0.282 e. The van der Waals surface area contributed by atoms with Gasteiger partial charge in [0.1, 0.15) is 19.0 Å². The fourth-order valence-electron chi connectivity index (χ4n) is 1.40. The molecule has 2 atom stereocenters. The highest BCUT2D eigenvalue weighted by atomic mass is 32.2. The Balaban J connectivity index is 2.24. The van der Waals surface area contributed by atoms with Crippen molar-refractivity contribution in [2.45, 2.75) is 25.2 Å². The van der Waals surface area contributed by atoms with E-state index in [4.69, 9.17) is 0 Å². The molecule has 0 aliphatic rings. The lowest BCUT2D eigenvalue weighted by Gasteiger charge is -2.08. The van der Waals surface area contributed by atoms with Gasteiger partial charge < -0.3 is 0 Å². The number of hydrogen-bond donors (Lipinski definition) is 0. The summed E-state index contributed by atoms with van der Waals surface area (Å²) in [5.41, 5.74) is 0.560. The van der Waals surface area contributed by atoms with Crippen LogP contribution in [0.2, 0.25) is 0 Å². The summed E-state index contributed by atoms with van der Waals surface area (Å²) in [6, 6.07) is 8.67. The summed E-state index contributed by atoms with van der Waals surface area (Å²) >= 11 is 0.997. The SMILES string of the molecule is O=C(SCCC(F)CC(F)CF)c1ccccc1. The van der Waals surface area contributed by atoms with E-state index >= 15 is 0 Å². The summed E-state index contributed by atoms with van der Waals surface area (Å²) in [6.07, 6.45) is -3.51. The Bertz CT molecular complexity index is 359. The van der Waals surface area contributed by atoms with E-state index in [9.17, 15) is 18.0 Å². The monoisotopic (exact) mass is 276 g/mol. The van der Waals surface area contributed by atoms with Gasteiger partial charge >= 0.3 is 0 Å². The summed E-state index contributed by atoms with van der Waals surface area (Å²) in [5.74, 6) is 0.272. The Hall–Kier alpha value is -0.970. The van der Waals surface area contributed by atoms with Crippen molar-refractivity contribution in [1.82, 2.24) is 0 Å². The fourth-order valence-corrected chi connectivity index (χ4v) is 2.26. The number of carbonyl (C=O) groups is 1. The molecule has 0 amide bonds. The molecule has 0 radical (unpaired) electrons. The Kier molecular flexibility index (Phi) is 6.86. The molecule has 1 rings (SSSR count). The van der Waals surface area contributed by atoms with E-state index in [0.29, 0.717) is 5.56 Å². The molecule has 0 saturated heterocycles. The summed E-state index contributed by atoms with van der Waals surface area (Å²) in [7, 11) is 0. The van der Waals surface area contributed by atoms with Gasteiger partial charge in [0.15, 0.2) is 0 Å².